The Morgan fingerprint density at radius 1 is 1.31 bits per heavy atom. The fraction of sp³-hybridized carbons (Fsp3) is 0.917. The molecule has 2 rings (SSSR count). The lowest BCUT2D eigenvalue weighted by Gasteiger charge is -2.12. The molecule has 2 aliphatic carbocycles. The van der Waals surface area contributed by atoms with Gasteiger partial charge in [0.2, 0.25) is 5.91 Å². The molecule has 92 valence electrons. The van der Waals surface area contributed by atoms with Gasteiger partial charge < -0.3 is 15.7 Å². The zero-order chi connectivity index (χ0) is 11.5. The van der Waals surface area contributed by atoms with Crippen molar-refractivity contribution in [1.29, 1.82) is 0 Å². The van der Waals surface area contributed by atoms with E-state index in [2.05, 4.69) is 10.6 Å². The smallest absolute Gasteiger partial charge is 0.223 e. The summed E-state index contributed by atoms with van der Waals surface area (Å²) in [5, 5.41) is 15.1. The molecule has 0 aromatic rings. The van der Waals surface area contributed by atoms with Gasteiger partial charge >= 0.3 is 0 Å². The number of hydrogen-bond acceptors (Lipinski definition) is 3. The molecule has 1 amide bonds. The van der Waals surface area contributed by atoms with Crippen molar-refractivity contribution in [2.75, 3.05) is 19.6 Å². The standard InChI is InChI=1S/C12H22N2O2/c1-8(15)7-13-2-3-14-12(16)11-5-9-4-10(9)6-11/h8-11,13,15H,2-7H2,1H3,(H,14,16). The molecule has 16 heavy (non-hydrogen) atoms. The van der Waals surface area contributed by atoms with Crippen LogP contribution in [0.1, 0.15) is 26.2 Å². The first-order chi connectivity index (χ1) is 7.66. The van der Waals surface area contributed by atoms with Crippen LogP contribution in [-0.2, 0) is 4.79 Å². The lowest BCUT2D eigenvalue weighted by molar-refractivity contribution is -0.125. The van der Waals surface area contributed by atoms with Crippen LogP contribution in [-0.4, -0.2) is 36.8 Å². The summed E-state index contributed by atoms with van der Waals surface area (Å²) in [4.78, 5) is 11.7. The molecule has 2 fully saturated rings. The summed E-state index contributed by atoms with van der Waals surface area (Å²) in [7, 11) is 0. The molecule has 0 aromatic carbocycles. The van der Waals surface area contributed by atoms with E-state index >= 15 is 0 Å². The average molecular weight is 226 g/mol. The normalized spacial score (nSPS) is 33.2. The zero-order valence-corrected chi connectivity index (χ0v) is 9.91. The van der Waals surface area contributed by atoms with E-state index in [1.165, 1.54) is 6.42 Å². The Kier molecular flexibility index (Phi) is 3.82. The van der Waals surface area contributed by atoms with Crippen LogP contribution in [0, 0.1) is 17.8 Å². The first kappa shape index (κ1) is 11.9. The fourth-order valence-corrected chi connectivity index (χ4v) is 2.66. The summed E-state index contributed by atoms with van der Waals surface area (Å²) in [6, 6.07) is 0. The summed E-state index contributed by atoms with van der Waals surface area (Å²) in [6.45, 7) is 3.73. The molecule has 4 heteroatoms. The number of hydrogen-bond donors (Lipinski definition) is 3. The number of aliphatic hydroxyl groups is 1. The van der Waals surface area contributed by atoms with Crippen LogP contribution in [0.3, 0.4) is 0 Å². The largest absolute Gasteiger partial charge is 0.392 e. The molecule has 0 heterocycles. The Morgan fingerprint density at radius 3 is 2.62 bits per heavy atom. The van der Waals surface area contributed by atoms with Gasteiger partial charge in [-0.25, -0.2) is 0 Å². The topological polar surface area (TPSA) is 61.4 Å². The molecule has 0 spiro atoms. The summed E-state index contributed by atoms with van der Waals surface area (Å²) < 4.78 is 0. The number of fused-ring (bicyclic) bond motifs is 1. The van der Waals surface area contributed by atoms with Gasteiger partial charge in [-0.3, -0.25) is 4.79 Å². The van der Waals surface area contributed by atoms with Gasteiger partial charge in [0.25, 0.3) is 0 Å². The lowest BCUT2D eigenvalue weighted by atomic mass is 10.0. The SMILES string of the molecule is CC(O)CNCCNC(=O)C1CC2CC2C1. The van der Waals surface area contributed by atoms with Crippen molar-refractivity contribution in [3.05, 3.63) is 0 Å². The first-order valence-electron chi connectivity index (χ1n) is 6.33. The quantitative estimate of drug-likeness (QED) is 0.564. The lowest BCUT2D eigenvalue weighted by Crippen LogP contribution is -2.37. The molecule has 4 nitrogen and oxygen atoms in total. The molecule has 2 aliphatic rings. The molecule has 0 saturated heterocycles. The maximum atomic E-state index is 11.7. The van der Waals surface area contributed by atoms with Crippen molar-refractivity contribution < 1.29 is 9.90 Å². The van der Waals surface area contributed by atoms with E-state index in [0.717, 1.165) is 31.2 Å². The number of aliphatic hydroxyl groups excluding tert-OH is 1. The highest BCUT2D eigenvalue weighted by Gasteiger charge is 2.47. The Morgan fingerprint density at radius 2 is 2.00 bits per heavy atom. The second-order valence-corrected chi connectivity index (χ2v) is 5.27. The average Bonchev–Trinajstić information content (AvgIpc) is 2.84. The summed E-state index contributed by atoms with van der Waals surface area (Å²) in [6.07, 6.45) is 3.26. The molecule has 3 atom stereocenters. The van der Waals surface area contributed by atoms with Gasteiger partial charge in [0.1, 0.15) is 0 Å². The molecule has 3 N–H and O–H groups in total. The van der Waals surface area contributed by atoms with Crippen LogP contribution >= 0.6 is 0 Å². The molecular weight excluding hydrogens is 204 g/mol. The van der Waals surface area contributed by atoms with Gasteiger partial charge in [0, 0.05) is 25.6 Å². The van der Waals surface area contributed by atoms with Gasteiger partial charge in [-0.2, -0.15) is 0 Å². The van der Waals surface area contributed by atoms with E-state index in [1.807, 2.05) is 0 Å². The second-order valence-electron chi connectivity index (χ2n) is 5.27. The Bertz CT molecular complexity index is 245. The van der Waals surface area contributed by atoms with E-state index < -0.39 is 0 Å². The van der Waals surface area contributed by atoms with E-state index in [-0.39, 0.29) is 17.9 Å². The number of rotatable bonds is 6. The predicted octanol–water partition coefficient (Wildman–Crippen LogP) is 0.119. The van der Waals surface area contributed by atoms with Crippen molar-refractivity contribution >= 4 is 5.91 Å². The van der Waals surface area contributed by atoms with Gasteiger partial charge in [-0.1, -0.05) is 0 Å². The van der Waals surface area contributed by atoms with Crippen molar-refractivity contribution in [1.82, 2.24) is 10.6 Å². The highest BCUT2D eigenvalue weighted by molar-refractivity contribution is 5.79. The molecule has 0 aromatic heterocycles. The molecule has 2 saturated carbocycles. The van der Waals surface area contributed by atoms with Crippen LogP contribution in [0.4, 0.5) is 0 Å². The molecule has 0 aliphatic heterocycles. The molecular formula is C12H22N2O2. The van der Waals surface area contributed by atoms with Crippen molar-refractivity contribution in [3.8, 4) is 0 Å². The molecule has 0 bridgehead atoms. The van der Waals surface area contributed by atoms with E-state index in [4.69, 9.17) is 5.11 Å². The molecule has 3 unspecified atom stereocenters. The van der Waals surface area contributed by atoms with Crippen molar-refractivity contribution in [2.45, 2.75) is 32.3 Å². The number of nitrogens with one attached hydrogen (secondary N) is 2. The van der Waals surface area contributed by atoms with Crippen LogP contribution in [0.2, 0.25) is 0 Å². The Balaban J connectivity index is 1.51. The zero-order valence-electron chi connectivity index (χ0n) is 9.91. The fourth-order valence-electron chi connectivity index (χ4n) is 2.66. The Hall–Kier alpha value is -0.610. The van der Waals surface area contributed by atoms with Crippen LogP contribution in [0.25, 0.3) is 0 Å². The van der Waals surface area contributed by atoms with Gasteiger partial charge in [-0.05, 0) is 38.0 Å². The predicted molar refractivity (Wildman–Crippen MR) is 61.9 cm³/mol. The van der Waals surface area contributed by atoms with Crippen molar-refractivity contribution in [2.24, 2.45) is 17.8 Å². The number of carbonyl (C=O) groups is 1. The van der Waals surface area contributed by atoms with Crippen molar-refractivity contribution in [3.63, 3.8) is 0 Å². The van der Waals surface area contributed by atoms with Crippen LogP contribution in [0.5, 0.6) is 0 Å². The third-order valence-electron chi connectivity index (χ3n) is 3.66. The third-order valence-corrected chi connectivity index (χ3v) is 3.66. The van der Waals surface area contributed by atoms with Gasteiger partial charge in [-0.15, -0.1) is 0 Å². The van der Waals surface area contributed by atoms with Gasteiger partial charge in [0.05, 0.1) is 6.10 Å². The maximum absolute atomic E-state index is 11.7. The highest BCUT2D eigenvalue weighted by atomic mass is 16.3. The molecule has 0 radical (unpaired) electrons. The maximum Gasteiger partial charge on any atom is 0.223 e. The van der Waals surface area contributed by atoms with E-state index in [1.54, 1.807) is 6.92 Å². The minimum atomic E-state index is -0.322. The third kappa shape index (κ3) is 3.19. The minimum Gasteiger partial charge on any atom is -0.392 e. The van der Waals surface area contributed by atoms with Crippen LogP contribution in [0.15, 0.2) is 0 Å². The number of amides is 1. The van der Waals surface area contributed by atoms with Crippen LogP contribution < -0.4 is 10.6 Å². The van der Waals surface area contributed by atoms with E-state index in [0.29, 0.717) is 13.1 Å². The number of carbonyl (C=O) groups excluding carboxylic acids is 1. The monoisotopic (exact) mass is 226 g/mol. The first-order valence-corrected chi connectivity index (χ1v) is 6.33. The van der Waals surface area contributed by atoms with E-state index in [9.17, 15) is 4.79 Å². The summed E-state index contributed by atoms with van der Waals surface area (Å²) >= 11 is 0. The summed E-state index contributed by atoms with van der Waals surface area (Å²) in [5.74, 6) is 2.24. The minimum absolute atomic E-state index is 0.228. The second kappa shape index (κ2) is 5.15. The highest BCUT2D eigenvalue weighted by Crippen LogP contribution is 2.54. The van der Waals surface area contributed by atoms with Gasteiger partial charge in [0.15, 0.2) is 0 Å². The Labute approximate surface area is 96.8 Å². The summed E-state index contributed by atoms with van der Waals surface area (Å²) in [5.41, 5.74) is 0.